The predicted molar refractivity (Wildman–Crippen MR) is 86.4 cm³/mol. The van der Waals surface area contributed by atoms with Crippen molar-refractivity contribution in [3.05, 3.63) is 62.6 Å². The van der Waals surface area contributed by atoms with Crippen LogP contribution in [0.3, 0.4) is 0 Å². The molecule has 0 unspecified atom stereocenters. The normalized spacial score (nSPS) is 10.1. The number of carbonyl (C=O) groups excluding carboxylic acids is 1. The van der Waals surface area contributed by atoms with Crippen LogP contribution in [-0.4, -0.2) is 17.4 Å². The molecule has 0 atom stereocenters. The van der Waals surface area contributed by atoms with Crippen molar-refractivity contribution in [2.45, 2.75) is 6.92 Å². The summed E-state index contributed by atoms with van der Waals surface area (Å²) in [5.74, 6) is -0.0319. The van der Waals surface area contributed by atoms with Crippen molar-refractivity contribution >= 4 is 33.2 Å². The van der Waals surface area contributed by atoms with Crippen molar-refractivity contribution < 1.29 is 14.5 Å². The summed E-state index contributed by atoms with van der Waals surface area (Å²) in [7, 11) is 0. The van der Waals surface area contributed by atoms with Crippen molar-refractivity contribution in [1.29, 1.82) is 0 Å². The Bertz CT molecular complexity index is 701. The van der Waals surface area contributed by atoms with E-state index in [1.807, 2.05) is 0 Å². The van der Waals surface area contributed by atoms with E-state index < -0.39 is 10.8 Å². The van der Waals surface area contributed by atoms with Gasteiger partial charge in [-0.3, -0.25) is 14.9 Å². The molecule has 6 nitrogen and oxygen atoms in total. The fraction of sp³-hybridized carbons (Fsp3) is 0.133. The molecule has 0 aliphatic rings. The molecule has 0 bridgehead atoms. The van der Waals surface area contributed by atoms with Gasteiger partial charge in [-0.15, -0.1) is 0 Å². The van der Waals surface area contributed by atoms with Crippen LogP contribution in [0.5, 0.6) is 5.75 Å². The van der Waals surface area contributed by atoms with Gasteiger partial charge in [-0.05, 0) is 43.3 Å². The summed E-state index contributed by atoms with van der Waals surface area (Å²) in [4.78, 5) is 22.7. The number of hydrogen-bond donors (Lipinski definition) is 1. The zero-order valence-electron chi connectivity index (χ0n) is 11.7. The van der Waals surface area contributed by atoms with Gasteiger partial charge in [0.15, 0.2) is 0 Å². The monoisotopic (exact) mass is 364 g/mol. The van der Waals surface area contributed by atoms with E-state index in [9.17, 15) is 14.9 Å². The molecule has 0 aromatic heterocycles. The van der Waals surface area contributed by atoms with Crippen LogP contribution < -0.4 is 10.1 Å². The molecule has 1 amide bonds. The minimum Gasteiger partial charge on any atom is -0.494 e. The summed E-state index contributed by atoms with van der Waals surface area (Å²) in [6, 6.07) is 11.0. The maximum absolute atomic E-state index is 12.1. The van der Waals surface area contributed by atoms with Gasteiger partial charge in [0.1, 0.15) is 11.4 Å². The number of nitro groups is 1. The molecule has 0 spiro atoms. The molecule has 114 valence electrons. The number of rotatable bonds is 5. The molecule has 0 fully saturated rings. The lowest BCUT2D eigenvalue weighted by atomic mass is 10.2. The average Bonchev–Trinajstić information content (AvgIpc) is 2.49. The Morgan fingerprint density at radius 3 is 2.55 bits per heavy atom. The van der Waals surface area contributed by atoms with E-state index in [4.69, 9.17) is 4.74 Å². The molecule has 7 heteroatoms. The summed E-state index contributed by atoms with van der Waals surface area (Å²) in [5, 5.41) is 13.7. The number of carbonyl (C=O) groups is 1. The van der Waals surface area contributed by atoms with E-state index in [2.05, 4.69) is 21.2 Å². The number of amides is 1. The maximum atomic E-state index is 12.1. The highest BCUT2D eigenvalue weighted by Gasteiger charge is 2.18. The fourth-order valence-electron chi connectivity index (χ4n) is 1.82. The third-order valence-electron chi connectivity index (χ3n) is 2.83. The average molecular weight is 365 g/mol. The molecule has 0 saturated heterocycles. The molecule has 1 N–H and O–H groups in total. The van der Waals surface area contributed by atoms with Crippen LogP contribution in [0, 0.1) is 10.1 Å². The lowest BCUT2D eigenvalue weighted by Gasteiger charge is -2.08. The first-order valence-electron chi connectivity index (χ1n) is 6.49. The number of benzene rings is 2. The van der Waals surface area contributed by atoms with E-state index in [0.29, 0.717) is 17.9 Å². The Balaban J connectivity index is 2.26. The van der Waals surface area contributed by atoms with Crippen molar-refractivity contribution in [3.8, 4) is 5.75 Å². The topological polar surface area (TPSA) is 81.5 Å². The van der Waals surface area contributed by atoms with Crippen LogP contribution >= 0.6 is 15.9 Å². The minimum absolute atomic E-state index is 0.126. The van der Waals surface area contributed by atoms with Crippen molar-refractivity contribution in [2.24, 2.45) is 0 Å². The van der Waals surface area contributed by atoms with E-state index >= 15 is 0 Å². The SMILES string of the molecule is CCOc1ccc(NC(=O)c2ccc(Br)cc2)c([N+](=O)[O-])c1. The number of nitrogens with zero attached hydrogens (tertiary/aromatic N) is 1. The smallest absolute Gasteiger partial charge is 0.296 e. The number of hydrogen-bond acceptors (Lipinski definition) is 4. The number of nitrogens with one attached hydrogen (secondary N) is 1. The predicted octanol–water partition coefficient (Wildman–Crippen LogP) is 4.01. The van der Waals surface area contributed by atoms with E-state index in [1.54, 1.807) is 37.3 Å². The first kappa shape index (κ1) is 16.0. The molecule has 2 aromatic carbocycles. The van der Waals surface area contributed by atoms with Crippen LogP contribution in [0.4, 0.5) is 11.4 Å². The molecule has 2 aromatic rings. The second-order valence-electron chi connectivity index (χ2n) is 4.33. The lowest BCUT2D eigenvalue weighted by molar-refractivity contribution is -0.384. The summed E-state index contributed by atoms with van der Waals surface area (Å²) in [5.41, 5.74) is 0.323. The fourth-order valence-corrected chi connectivity index (χ4v) is 2.08. The Morgan fingerprint density at radius 2 is 1.95 bits per heavy atom. The second-order valence-corrected chi connectivity index (χ2v) is 5.25. The molecule has 0 aliphatic heterocycles. The van der Waals surface area contributed by atoms with Crippen LogP contribution in [0.2, 0.25) is 0 Å². The number of anilines is 1. The van der Waals surface area contributed by atoms with Gasteiger partial charge in [0.2, 0.25) is 0 Å². The quantitative estimate of drug-likeness (QED) is 0.641. The largest absolute Gasteiger partial charge is 0.494 e. The first-order valence-corrected chi connectivity index (χ1v) is 7.28. The number of nitro benzene ring substituents is 1. The zero-order valence-corrected chi connectivity index (χ0v) is 13.3. The number of halogens is 1. The molecule has 0 radical (unpaired) electrons. The maximum Gasteiger partial charge on any atom is 0.296 e. The Hall–Kier alpha value is -2.41. The second kappa shape index (κ2) is 7.04. The Labute approximate surface area is 135 Å². The van der Waals surface area contributed by atoms with Crippen molar-refractivity contribution in [3.63, 3.8) is 0 Å². The highest BCUT2D eigenvalue weighted by molar-refractivity contribution is 9.10. The van der Waals surface area contributed by atoms with Crippen LogP contribution in [-0.2, 0) is 0 Å². The summed E-state index contributed by atoms with van der Waals surface area (Å²) >= 11 is 3.28. The molecular weight excluding hydrogens is 352 g/mol. The third kappa shape index (κ3) is 3.82. The van der Waals surface area contributed by atoms with E-state index in [0.717, 1.165) is 4.47 Å². The molecular formula is C15H13BrN2O4. The van der Waals surface area contributed by atoms with Crippen molar-refractivity contribution in [1.82, 2.24) is 0 Å². The van der Waals surface area contributed by atoms with E-state index in [-0.39, 0.29) is 11.4 Å². The molecule has 0 saturated carbocycles. The first-order chi connectivity index (χ1) is 10.5. The number of ether oxygens (including phenoxy) is 1. The van der Waals surface area contributed by atoms with Crippen molar-refractivity contribution in [2.75, 3.05) is 11.9 Å². The molecule has 0 heterocycles. The Morgan fingerprint density at radius 1 is 1.27 bits per heavy atom. The Kier molecular flexibility index (Phi) is 5.11. The highest BCUT2D eigenvalue weighted by atomic mass is 79.9. The standard InChI is InChI=1S/C15H13BrN2O4/c1-2-22-12-7-8-13(14(9-12)18(20)21)17-15(19)10-3-5-11(16)6-4-10/h3-9H,2H2,1H3,(H,17,19). The third-order valence-corrected chi connectivity index (χ3v) is 3.36. The molecule has 2 rings (SSSR count). The van der Waals surface area contributed by atoms with Gasteiger partial charge in [0.25, 0.3) is 11.6 Å². The van der Waals surface area contributed by atoms with Gasteiger partial charge >= 0.3 is 0 Å². The molecule has 0 aliphatic carbocycles. The summed E-state index contributed by atoms with van der Waals surface area (Å²) in [6.45, 7) is 2.19. The van der Waals surface area contributed by atoms with Gasteiger partial charge < -0.3 is 10.1 Å². The van der Waals surface area contributed by atoms with Gasteiger partial charge in [-0.25, -0.2) is 0 Å². The van der Waals surface area contributed by atoms with Gasteiger partial charge in [-0.1, -0.05) is 15.9 Å². The van der Waals surface area contributed by atoms with Crippen LogP contribution in [0.25, 0.3) is 0 Å². The van der Waals surface area contributed by atoms with E-state index in [1.165, 1.54) is 12.1 Å². The summed E-state index contributed by atoms with van der Waals surface area (Å²) < 4.78 is 6.08. The summed E-state index contributed by atoms with van der Waals surface area (Å²) in [6.07, 6.45) is 0. The lowest BCUT2D eigenvalue weighted by Crippen LogP contribution is -2.13. The van der Waals surface area contributed by atoms with Gasteiger partial charge in [-0.2, -0.15) is 0 Å². The minimum atomic E-state index is -0.556. The zero-order chi connectivity index (χ0) is 16.1. The van der Waals surface area contributed by atoms with Crippen LogP contribution in [0.15, 0.2) is 46.9 Å². The van der Waals surface area contributed by atoms with Gasteiger partial charge in [0, 0.05) is 10.0 Å². The highest BCUT2D eigenvalue weighted by Crippen LogP contribution is 2.29. The van der Waals surface area contributed by atoms with Gasteiger partial charge in [0.05, 0.1) is 17.6 Å². The molecule has 22 heavy (non-hydrogen) atoms. The van der Waals surface area contributed by atoms with Crippen LogP contribution in [0.1, 0.15) is 17.3 Å².